The molecule has 104 valence electrons. The fraction of sp³-hybridized carbons (Fsp3) is 0.533. The van der Waals surface area contributed by atoms with Crippen LogP contribution in [0.1, 0.15) is 36.5 Å². The van der Waals surface area contributed by atoms with Crippen LogP contribution in [-0.4, -0.2) is 32.1 Å². The van der Waals surface area contributed by atoms with Crippen LogP contribution in [0.15, 0.2) is 18.2 Å². The Morgan fingerprint density at radius 2 is 2.26 bits per heavy atom. The minimum Gasteiger partial charge on any atom is -0.398 e. The van der Waals surface area contributed by atoms with Crippen molar-refractivity contribution in [1.29, 1.82) is 0 Å². The number of nitrogens with zero attached hydrogens (tertiary/aromatic N) is 1. The topological polar surface area (TPSA) is 55.6 Å². The van der Waals surface area contributed by atoms with Gasteiger partial charge in [-0.15, -0.1) is 0 Å². The van der Waals surface area contributed by atoms with Gasteiger partial charge in [-0.2, -0.15) is 0 Å². The molecule has 0 saturated carbocycles. The number of benzene rings is 1. The molecule has 0 bridgehead atoms. The molecule has 2 rings (SSSR count). The Morgan fingerprint density at radius 1 is 1.47 bits per heavy atom. The number of nitrogen functional groups attached to an aromatic ring is 1. The molecule has 1 saturated heterocycles. The predicted molar refractivity (Wildman–Crippen MR) is 77.7 cm³/mol. The summed E-state index contributed by atoms with van der Waals surface area (Å²) < 4.78 is 5.74. The van der Waals surface area contributed by atoms with E-state index in [4.69, 9.17) is 10.5 Å². The number of hydrogen-bond donors (Lipinski definition) is 1. The first kappa shape index (κ1) is 13.9. The number of Topliss-reactive ketones (excluding diaryl/α,β-unsaturated/α-hetero) is 1. The maximum Gasteiger partial charge on any atom is 0.161 e. The minimum atomic E-state index is 0.00215. The maximum atomic E-state index is 11.4. The van der Waals surface area contributed by atoms with Gasteiger partial charge in [0.1, 0.15) is 0 Å². The van der Waals surface area contributed by atoms with E-state index in [1.807, 2.05) is 19.2 Å². The normalized spacial score (nSPS) is 19.2. The van der Waals surface area contributed by atoms with Crippen LogP contribution in [0.3, 0.4) is 0 Å². The molecular weight excluding hydrogens is 240 g/mol. The van der Waals surface area contributed by atoms with E-state index < -0.39 is 0 Å². The van der Waals surface area contributed by atoms with Crippen LogP contribution < -0.4 is 10.6 Å². The van der Waals surface area contributed by atoms with Crippen molar-refractivity contribution in [2.75, 3.05) is 30.8 Å². The van der Waals surface area contributed by atoms with Crippen molar-refractivity contribution >= 4 is 17.2 Å². The summed E-state index contributed by atoms with van der Waals surface area (Å²) in [5.41, 5.74) is 8.07. The zero-order chi connectivity index (χ0) is 13.8. The van der Waals surface area contributed by atoms with Crippen molar-refractivity contribution in [2.45, 2.75) is 32.3 Å². The zero-order valence-corrected chi connectivity index (χ0v) is 11.7. The Morgan fingerprint density at radius 3 is 2.84 bits per heavy atom. The second-order valence-corrected chi connectivity index (χ2v) is 5.20. The summed E-state index contributed by atoms with van der Waals surface area (Å²) in [5.74, 6) is 0.00215. The van der Waals surface area contributed by atoms with Gasteiger partial charge in [-0.1, -0.05) is 0 Å². The fourth-order valence-corrected chi connectivity index (χ4v) is 2.47. The second kappa shape index (κ2) is 6.06. The minimum absolute atomic E-state index is 0.00215. The first-order valence-corrected chi connectivity index (χ1v) is 6.81. The van der Waals surface area contributed by atoms with E-state index in [-0.39, 0.29) is 5.78 Å². The Balaban J connectivity index is 2.04. The van der Waals surface area contributed by atoms with Crippen molar-refractivity contribution in [3.05, 3.63) is 23.8 Å². The summed E-state index contributed by atoms with van der Waals surface area (Å²) >= 11 is 0. The van der Waals surface area contributed by atoms with E-state index in [2.05, 4.69) is 4.90 Å². The van der Waals surface area contributed by atoms with E-state index in [0.717, 1.165) is 25.3 Å². The average Bonchev–Trinajstić information content (AvgIpc) is 2.39. The molecule has 0 radical (unpaired) electrons. The van der Waals surface area contributed by atoms with Gasteiger partial charge in [-0.3, -0.25) is 4.79 Å². The third-order valence-electron chi connectivity index (χ3n) is 3.61. The number of carbonyl (C=O) groups excluding carboxylic acids is 1. The number of ether oxygens (including phenoxy) is 1. The van der Waals surface area contributed by atoms with Crippen molar-refractivity contribution in [3.8, 4) is 0 Å². The highest BCUT2D eigenvalue weighted by atomic mass is 16.5. The van der Waals surface area contributed by atoms with Gasteiger partial charge in [0, 0.05) is 37.1 Å². The highest BCUT2D eigenvalue weighted by Crippen LogP contribution is 2.23. The van der Waals surface area contributed by atoms with Gasteiger partial charge in [0.15, 0.2) is 5.78 Å². The van der Waals surface area contributed by atoms with Crippen LogP contribution in [0.4, 0.5) is 11.4 Å². The van der Waals surface area contributed by atoms with E-state index >= 15 is 0 Å². The first-order chi connectivity index (χ1) is 9.08. The number of hydrogen-bond acceptors (Lipinski definition) is 4. The highest BCUT2D eigenvalue weighted by Gasteiger charge is 2.16. The Kier molecular flexibility index (Phi) is 4.43. The molecule has 0 aliphatic carbocycles. The van der Waals surface area contributed by atoms with E-state index in [9.17, 15) is 4.79 Å². The lowest BCUT2D eigenvalue weighted by molar-refractivity contribution is 0.0216. The fourth-order valence-electron chi connectivity index (χ4n) is 2.47. The monoisotopic (exact) mass is 262 g/mol. The summed E-state index contributed by atoms with van der Waals surface area (Å²) in [6.45, 7) is 3.26. The molecular formula is C15H22N2O2. The molecule has 1 atom stereocenters. The predicted octanol–water partition coefficient (Wildman–Crippen LogP) is 2.48. The van der Waals surface area contributed by atoms with Gasteiger partial charge >= 0.3 is 0 Å². The van der Waals surface area contributed by atoms with Crippen LogP contribution in [0.2, 0.25) is 0 Å². The standard InChI is InChI=1S/C15H22N2O2/c1-11(18)14-7-6-12(9-15(14)16)17(2)10-13-5-3-4-8-19-13/h6-7,9,13H,3-5,8,10,16H2,1-2H3. The third kappa shape index (κ3) is 3.47. The zero-order valence-electron chi connectivity index (χ0n) is 11.7. The molecule has 1 aromatic rings. The molecule has 1 unspecified atom stereocenters. The van der Waals surface area contributed by atoms with E-state index in [1.165, 1.54) is 19.8 Å². The van der Waals surface area contributed by atoms with Gasteiger partial charge in [0.05, 0.1) is 6.10 Å². The van der Waals surface area contributed by atoms with Gasteiger partial charge in [0.25, 0.3) is 0 Å². The smallest absolute Gasteiger partial charge is 0.161 e. The maximum absolute atomic E-state index is 11.4. The van der Waals surface area contributed by atoms with Crippen molar-refractivity contribution < 1.29 is 9.53 Å². The van der Waals surface area contributed by atoms with Crippen LogP contribution in [0, 0.1) is 0 Å². The van der Waals surface area contributed by atoms with Crippen molar-refractivity contribution in [3.63, 3.8) is 0 Å². The lowest BCUT2D eigenvalue weighted by atomic mass is 10.1. The molecule has 0 aromatic heterocycles. The molecule has 1 heterocycles. The molecule has 2 N–H and O–H groups in total. The molecule has 4 nitrogen and oxygen atoms in total. The molecule has 1 fully saturated rings. The highest BCUT2D eigenvalue weighted by molar-refractivity contribution is 5.99. The average molecular weight is 262 g/mol. The van der Waals surface area contributed by atoms with E-state index in [0.29, 0.717) is 17.4 Å². The van der Waals surface area contributed by atoms with Crippen LogP contribution in [0.25, 0.3) is 0 Å². The largest absolute Gasteiger partial charge is 0.398 e. The van der Waals surface area contributed by atoms with Gasteiger partial charge in [-0.25, -0.2) is 0 Å². The number of ketones is 1. The van der Waals surface area contributed by atoms with Crippen LogP contribution in [-0.2, 0) is 4.74 Å². The lowest BCUT2D eigenvalue weighted by Gasteiger charge is -2.29. The third-order valence-corrected chi connectivity index (χ3v) is 3.61. The molecule has 19 heavy (non-hydrogen) atoms. The SMILES string of the molecule is CC(=O)c1ccc(N(C)CC2CCCCO2)cc1N. The summed E-state index contributed by atoms with van der Waals surface area (Å²) in [7, 11) is 2.03. The molecule has 4 heteroatoms. The van der Waals surface area contributed by atoms with Gasteiger partial charge in [0.2, 0.25) is 0 Å². The van der Waals surface area contributed by atoms with Crippen LogP contribution in [0.5, 0.6) is 0 Å². The van der Waals surface area contributed by atoms with E-state index in [1.54, 1.807) is 6.07 Å². The Bertz CT molecular complexity index is 453. The number of rotatable bonds is 4. The number of carbonyl (C=O) groups is 1. The molecule has 0 amide bonds. The number of nitrogens with two attached hydrogens (primary N) is 1. The van der Waals surface area contributed by atoms with Crippen molar-refractivity contribution in [1.82, 2.24) is 0 Å². The summed E-state index contributed by atoms with van der Waals surface area (Å²) in [4.78, 5) is 13.5. The Labute approximate surface area is 114 Å². The first-order valence-electron chi connectivity index (χ1n) is 6.81. The Hall–Kier alpha value is -1.55. The van der Waals surface area contributed by atoms with Crippen molar-refractivity contribution in [2.24, 2.45) is 0 Å². The second-order valence-electron chi connectivity index (χ2n) is 5.20. The number of likely N-dealkylation sites (N-methyl/N-ethyl adjacent to an activating group) is 1. The van der Waals surface area contributed by atoms with Gasteiger partial charge < -0.3 is 15.4 Å². The summed E-state index contributed by atoms with van der Waals surface area (Å²) in [5, 5.41) is 0. The van der Waals surface area contributed by atoms with Crippen LogP contribution >= 0.6 is 0 Å². The summed E-state index contributed by atoms with van der Waals surface area (Å²) in [6, 6.07) is 5.60. The molecule has 1 aliphatic rings. The molecule has 1 aromatic carbocycles. The lowest BCUT2D eigenvalue weighted by Crippen LogP contribution is -2.33. The molecule has 0 spiro atoms. The number of anilines is 2. The quantitative estimate of drug-likeness (QED) is 0.669. The summed E-state index contributed by atoms with van der Waals surface area (Å²) in [6.07, 6.45) is 3.82. The van der Waals surface area contributed by atoms with Gasteiger partial charge in [-0.05, 0) is 44.4 Å². The molecule has 1 aliphatic heterocycles.